The van der Waals surface area contributed by atoms with Crippen molar-refractivity contribution in [2.24, 2.45) is 11.7 Å². The molecule has 2 fully saturated rings. The summed E-state index contributed by atoms with van der Waals surface area (Å²) in [5, 5.41) is 3.17. The van der Waals surface area contributed by atoms with Crippen LogP contribution in [0, 0.1) is 5.92 Å². The molecule has 1 aromatic rings. The van der Waals surface area contributed by atoms with Gasteiger partial charge in [-0.15, -0.1) is 0 Å². The zero-order chi connectivity index (χ0) is 15.4. The molecule has 1 amide bonds. The van der Waals surface area contributed by atoms with Crippen molar-refractivity contribution < 1.29 is 4.79 Å². The van der Waals surface area contributed by atoms with Gasteiger partial charge in [-0.25, -0.2) is 0 Å². The van der Waals surface area contributed by atoms with Crippen molar-refractivity contribution in [2.75, 3.05) is 13.1 Å². The zero-order valence-electron chi connectivity index (χ0n) is 13.2. The predicted octanol–water partition coefficient (Wildman–Crippen LogP) is 1.89. The van der Waals surface area contributed by atoms with Crippen molar-refractivity contribution in [2.45, 2.75) is 50.7 Å². The molecule has 1 aliphatic heterocycles. The number of carbonyl (C=O) groups is 1. The van der Waals surface area contributed by atoms with Crippen molar-refractivity contribution >= 4 is 5.91 Å². The Hall–Kier alpha value is -1.39. The summed E-state index contributed by atoms with van der Waals surface area (Å²) >= 11 is 0. The molecule has 1 aliphatic carbocycles. The van der Waals surface area contributed by atoms with Gasteiger partial charge in [-0.3, -0.25) is 9.69 Å². The monoisotopic (exact) mass is 301 g/mol. The number of nitrogens with zero attached hydrogens (tertiary/aromatic N) is 1. The van der Waals surface area contributed by atoms with E-state index in [0.717, 1.165) is 38.9 Å². The van der Waals surface area contributed by atoms with E-state index in [9.17, 15) is 4.79 Å². The van der Waals surface area contributed by atoms with Crippen LogP contribution in [0.3, 0.4) is 0 Å². The molecule has 0 radical (unpaired) electrons. The van der Waals surface area contributed by atoms with Crippen LogP contribution in [0.4, 0.5) is 0 Å². The van der Waals surface area contributed by atoms with Gasteiger partial charge in [-0.05, 0) is 44.2 Å². The Kier molecular flexibility index (Phi) is 5.11. The molecular weight excluding hydrogens is 274 g/mol. The summed E-state index contributed by atoms with van der Waals surface area (Å²) in [6, 6.07) is 11.3. The highest BCUT2D eigenvalue weighted by Crippen LogP contribution is 2.24. The average Bonchev–Trinajstić information content (AvgIpc) is 3.15. The molecule has 1 saturated heterocycles. The van der Waals surface area contributed by atoms with Crippen LogP contribution < -0.4 is 11.1 Å². The van der Waals surface area contributed by atoms with Crippen LogP contribution in [-0.4, -0.2) is 36.0 Å². The number of hydrogen-bond donors (Lipinski definition) is 2. The van der Waals surface area contributed by atoms with Crippen molar-refractivity contribution in [3.8, 4) is 0 Å². The van der Waals surface area contributed by atoms with Gasteiger partial charge in [0.1, 0.15) is 0 Å². The summed E-state index contributed by atoms with van der Waals surface area (Å²) in [7, 11) is 0. The molecule has 0 bridgehead atoms. The number of nitrogens with one attached hydrogen (secondary N) is 1. The third-order valence-corrected chi connectivity index (χ3v) is 5.08. The summed E-state index contributed by atoms with van der Waals surface area (Å²) in [5.74, 6) is 0.346. The van der Waals surface area contributed by atoms with Gasteiger partial charge in [0.25, 0.3) is 0 Å². The smallest absolute Gasteiger partial charge is 0.223 e. The SMILES string of the molecule is NC1CCC(C(=O)NCC2CCCN2Cc2ccccc2)C1. The molecule has 120 valence electrons. The van der Waals surface area contributed by atoms with Crippen LogP contribution in [0.25, 0.3) is 0 Å². The lowest BCUT2D eigenvalue weighted by atomic mass is 10.1. The van der Waals surface area contributed by atoms with Gasteiger partial charge in [0.15, 0.2) is 0 Å². The topological polar surface area (TPSA) is 58.4 Å². The fourth-order valence-electron chi connectivity index (χ4n) is 3.77. The van der Waals surface area contributed by atoms with Crippen LogP contribution in [-0.2, 0) is 11.3 Å². The Labute approximate surface area is 133 Å². The minimum absolute atomic E-state index is 0.138. The maximum atomic E-state index is 12.2. The second-order valence-corrected chi connectivity index (χ2v) is 6.77. The van der Waals surface area contributed by atoms with Crippen LogP contribution >= 0.6 is 0 Å². The minimum atomic E-state index is 0.138. The molecule has 1 aromatic carbocycles. The second kappa shape index (κ2) is 7.25. The maximum Gasteiger partial charge on any atom is 0.223 e. The molecule has 2 aliphatic rings. The van der Waals surface area contributed by atoms with Crippen LogP contribution in [0.15, 0.2) is 30.3 Å². The highest BCUT2D eigenvalue weighted by Gasteiger charge is 2.29. The van der Waals surface area contributed by atoms with E-state index in [4.69, 9.17) is 5.73 Å². The quantitative estimate of drug-likeness (QED) is 0.873. The highest BCUT2D eigenvalue weighted by atomic mass is 16.1. The molecule has 4 nitrogen and oxygen atoms in total. The summed E-state index contributed by atoms with van der Waals surface area (Å²) in [6.07, 6.45) is 5.19. The van der Waals surface area contributed by atoms with Gasteiger partial charge in [0, 0.05) is 31.1 Å². The van der Waals surface area contributed by atoms with Gasteiger partial charge < -0.3 is 11.1 Å². The molecule has 22 heavy (non-hydrogen) atoms. The zero-order valence-corrected chi connectivity index (χ0v) is 13.2. The Balaban J connectivity index is 1.48. The molecule has 1 saturated carbocycles. The molecule has 1 heterocycles. The number of hydrogen-bond acceptors (Lipinski definition) is 3. The van der Waals surface area contributed by atoms with E-state index < -0.39 is 0 Å². The van der Waals surface area contributed by atoms with E-state index >= 15 is 0 Å². The first-order chi connectivity index (χ1) is 10.7. The normalized spacial score (nSPS) is 28.9. The van der Waals surface area contributed by atoms with Crippen LogP contribution in [0.1, 0.15) is 37.7 Å². The second-order valence-electron chi connectivity index (χ2n) is 6.77. The van der Waals surface area contributed by atoms with Gasteiger partial charge in [-0.2, -0.15) is 0 Å². The molecule has 3 unspecified atom stereocenters. The number of carbonyl (C=O) groups excluding carboxylic acids is 1. The Morgan fingerprint density at radius 1 is 1.23 bits per heavy atom. The largest absolute Gasteiger partial charge is 0.354 e. The summed E-state index contributed by atoms with van der Waals surface area (Å²) in [6.45, 7) is 2.89. The standard InChI is InChI=1S/C18H27N3O/c19-16-9-8-15(11-16)18(22)20-12-17-7-4-10-21(17)13-14-5-2-1-3-6-14/h1-3,5-6,15-17H,4,7-13,19H2,(H,20,22). The fourth-order valence-corrected chi connectivity index (χ4v) is 3.77. The summed E-state index contributed by atoms with van der Waals surface area (Å²) in [5.41, 5.74) is 7.25. The van der Waals surface area contributed by atoms with Crippen molar-refractivity contribution in [1.82, 2.24) is 10.2 Å². The molecular formula is C18H27N3O. The first-order valence-corrected chi connectivity index (χ1v) is 8.53. The lowest BCUT2D eigenvalue weighted by molar-refractivity contribution is -0.125. The van der Waals surface area contributed by atoms with E-state index in [-0.39, 0.29) is 17.9 Å². The van der Waals surface area contributed by atoms with E-state index in [1.165, 1.54) is 18.4 Å². The Bertz CT molecular complexity index is 490. The first kappa shape index (κ1) is 15.5. The number of likely N-dealkylation sites (tertiary alicyclic amines) is 1. The average molecular weight is 301 g/mol. The molecule has 0 aromatic heterocycles. The molecule has 3 N–H and O–H groups in total. The summed E-state index contributed by atoms with van der Waals surface area (Å²) in [4.78, 5) is 14.7. The van der Waals surface area contributed by atoms with Gasteiger partial charge >= 0.3 is 0 Å². The number of rotatable bonds is 5. The lowest BCUT2D eigenvalue weighted by Gasteiger charge is -2.25. The third kappa shape index (κ3) is 3.87. The molecule has 0 spiro atoms. The van der Waals surface area contributed by atoms with Crippen molar-refractivity contribution in [3.05, 3.63) is 35.9 Å². The maximum absolute atomic E-state index is 12.2. The first-order valence-electron chi connectivity index (χ1n) is 8.53. The number of nitrogens with two attached hydrogens (primary N) is 1. The minimum Gasteiger partial charge on any atom is -0.354 e. The highest BCUT2D eigenvalue weighted by molar-refractivity contribution is 5.79. The molecule has 4 heteroatoms. The third-order valence-electron chi connectivity index (χ3n) is 5.08. The van der Waals surface area contributed by atoms with E-state index in [2.05, 4.69) is 40.5 Å². The summed E-state index contributed by atoms with van der Waals surface area (Å²) < 4.78 is 0. The van der Waals surface area contributed by atoms with E-state index in [1.54, 1.807) is 0 Å². The van der Waals surface area contributed by atoms with E-state index in [0.29, 0.717) is 6.04 Å². The van der Waals surface area contributed by atoms with Gasteiger partial charge in [0.05, 0.1) is 0 Å². The molecule has 3 rings (SSSR count). The Morgan fingerprint density at radius 3 is 2.77 bits per heavy atom. The number of benzene rings is 1. The van der Waals surface area contributed by atoms with Crippen molar-refractivity contribution in [3.63, 3.8) is 0 Å². The predicted molar refractivity (Wildman–Crippen MR) is 88.2 cm³/mol. The van der Waals surface area contributed by atoms with Gasteiger partial charge in [0.2, 0.25) is 5.91 Å². The van der Waals surface area contributed by atoms with Gasteiger partial charge in [-0.1, -0.05) is 30.3 Å². The van der Waals surface area contributed by atoms with Crippen molar-refractivity contribution in [1.29, 1.82) is 0 Å². The van der Waals surface area contributed by atoms with Crippen LogP contribution in [0.2, 0.25) is 0 Å². The molecule has 3 atom stereocenters. The fraction of sp³-hybridized carbons (Fsp3) is 0.611. The Morgan fingerprint density at radius 2 is 2.05 bits per heavy atom. The van der Waals surface area contributed by atoms with E-state index in [1.807, 2.05) is 0 Å². The lowest BCUT2D eigenvalue weighted by Crippen LogP contribution is -2.41. The number of amides is 1. The van der Waals surface area contributed by atoms with Crippen LogP contribution in [0.5, 0.6) is 0 Å².